The van der Waals surface area contributed by atoms with Crippen LogP contribution >= 0.6 is 0 Å². The van der Waals surface area contributed by atoms with Crippen LogP contribution in [0.3, 0.4) is 0 Å². The number of hydrogen-bond acceptors (Lipinski definition) is 2. The summed E-state index contributed by atoms with van der Waals surface area (Å²) >= 11 is 0. The van der Waals surface area contributed by atoms with Gasteiger partial charge >= 0.3 is 0 Å². The lowest BCUT2D eigenvalue weighted by Gasteiger charge is -2.43. The molecule has 4 atom stereocenters. The van der Waals surface area contributed by atoms with Crippen LogP contribution in [0, 0.1) is 11.8 Å². The highest BCUT2D eigenvalue weighted by atomic mass is 16.5. The van der Waals surface area contributed by atoms with Crippen molar-refractivity contribution in [3.05, 3.63) is 0 Å². The fraction of sp³-hybridized carbons (Fsp3) is 1.00. The Bertz CT molecular complexity index is 215. The zero-order valence-electron chi connectivity index (χ0n) is 11.8. The summed E-state index contributed by atoms with van der Waals surface area (Å²) in [6.45, 7) is 11.3. The maximum Gasteiger partial charge on any atom is 0.0760 e. The van der Waals surface area contributed by atoms with E-state index in [0.717, 1.165) is 12.3 Å². The first-order chi connectivity index (χ1) is 7.39. The molecular formula is C14H29NO. The number of hydrogen-bond donors (Lipinski definition) is 1. The smallest absolute Gasteiger partial charge is 0.0760 e. The summed E-state index contributed by atoms with van der Waals surface area (Å²) in [7, 11) is 2.06. The predicted octanol–water partition coefficient (Wildman–Crippen LogP) is 3.21. The first kappa shape index (κ1) is 14.0. The van der Waals surface area contributed by atoms with Crippen molar-refractivity contribution in [1.29, 1.82) is 0 Å². The molecule has 4 unspecified atom stereocenters. The highest BCUT2D eigenvalue weighted by Gasteiger charge is 2.36. The van der Waals surface area contributed by atoms with Crippen molar-refractivity contribution in [2.24, 2.45) is 11.8 Å². The molecule has 0 saturated heterocycles. The molecule has 1 fully saturated rings. The van der Waals surface area contributed by atoms with E-state index in [1.807, 2.05) is 0 Å². The number of ether oxygens (including phenoxy) is 1. The third kappa shape index (κ3) is 3.46. The standard InChI is InChI=1S/C14H29NO/c1-7-14(4,5)16-13-11(3)8-10(2)9-12(13)15-6/h10-13,15H,7-9H2,1-6H3. The van der Waals surface area contributed by atoms with Crippen LogP contribution in [0.15, 0.2) is 0 Å². The third-order valence-corrected chi connectivity index (χ3v) is 4.07. The van der Waals surface area contributed by atoms with Gasteiger partial charge in [0, 0.05) is 6.04 Å². The Labute approximate surface area is 101 Å². The first-order valence-corrected chi connectivity index (χ1v) is 6.74. The number of nitrogens with one attached hydrogen (secondary N) is 1. The highest BCUT2D eigenvalue weighted by molar-refractivity contribution is 4.89. The van der Waals surface area contributed by atoms with E-state index >= 15 is 0 Å². The first-order valence-electron chi connectivity index (χ1n) is 6.74. The molecule has 1 rings (SSSR count). The monoisotopic (exact) mass is 227 g/mol. The van der Waals surface area contributed by atoms with Crippen LogP contribution in [0.2, 0.25) is 0 Å². The molecule has 1 aliphatic carbocycles. The minimum atomic E-state index is 0.00854. The van der Waals surface area contributed by atoms with Crippen LogP contribution in [0.25, 0.3) is 0 Å². The molecule has 0 aromatic heterocycles. The fourth-order valence-electron chi connectivity index (χ4n) is 2.76. The van der Waals surface area contributed by atoms with Gasteiger partial charge in [0.2, 0.25) is 0 Å². The minimum Gasteiger partial charge on any atom is -0.370 e. The van der Waals surface area contributed by atoms with Crippen molar-refractivity contribution in [3.63, 3.8) is 0 Å². The molecule has 0 bridgehead atoms. The second kappa shape index (κ2) is 5.50. The molecule has 0 aromatic rings. The second-order valence-electron chi connectivity index (χ2n) is 6.14. The zero-order chi connectivity index (χ0) is 12.3. The fourth-order valence-corrected chi connectivity index (χ4v) is 2.76. The van der Waals surface area contributed by atoms with Gasteiger partial charge in [-0.05, 0) is 52.0 Å². The van der Waals surface area contributed by atoms with Gasteiger partial charge < -0.3 is 10.1 Å². The lowest BCUT2D eigenvalue weighted by molar-refractivity contribution is -0.123. The summed E-state index contributed by atoms with van der Waals surface area (Å²) in [5.74, 6) is 1.48. The van der Waals surface area contributed by atoms with Crippen molar-refractivity contribution in [2.75, 3.05) is 7.05 Å². The molecule has 0 aromatic carbocycles. The topological polar surface area (TPSA) is 21.3 Å². The Morgan fingerprint density at radius 3 is 2.38 bits per heavy atom. The Balaban J connectivity index is 2.67. The van der Waals surface area contributed by atoms with E-state index < -0.39 is 0 Å². The summed E-state index contributed by atoms with van der Waals surface area (Å²) in [5.41, 5.74) is 0.00854. The van der Waals surface area contributed by atoms with Crippen molar-refractivity contribution >= 4 is 0 Å². The summed E-state index contributed by atoms with van der Waals surface area (Å²) in [6, 6.07) is 0.518. The van der Waals surface area contributed by atoms with Crippen LogP contribution in [0.5, 0.6) is 0 Å². The predicted molar refractivity (Wildman–Crippen MR) is 69.7 cm³/mol. The molecule has 0 radical (unpaired) electrons. The van der Waals surface area contributed by atoms with E-state index in [0.29, 0.717) is 18.1 Å². The van der Waals surface area contributed by atoms with Crippen LogP contribution < -0.4 is 5.32 Å². The lowest BCUT2D eigenvalue weighted by atomic mass is 9.78. The van der Waals surface area contributed by atoms with Gasteiger partial charge in [0.1, 0.15) is 0 Å². The van der Waals surface area contributed by atoms with Gasteiger partial charge in [-0.15, -0.1) is 0 Å². The van der Waals surface area contributed by atoms with E-state index in [1.165, 1.54) is 12.8 Å². The van der Waals surface area contributed by atoms with Gasteiger partial charge in [-0.2, -0.15) is 0 Å². The van der Waals surface area contributed by atoms with Gasteiger partial charge in [-0.25, -0.2) is 0 Å². The third-order valence-electron chi connectivity index (χ3n) is 4.07. The van der Waals surface area contributed by atoms with E-state index in [2.05, 4.69) is 47.0 Å². The van der Waals surface area contributed by atoms with E-state index in [-0.39, 0.29) is 5.60 Å². The lowest BCUT2D eigenvalue weighted by Crippen LogP contribution is -2.51. The van der Waals surface area contributed by atoms with E-state index in [9.17, 15) is 0 Å². The Morgan fingerprint density at radius 1 is 1.25 bits per heavy atom. The Kier molecular flexibility index (Phi) is 4.81. The number of likely N-dealkylation sites (N-methyl/N-ethyl adjacent to an activating group) is 1. The van der Waals surface area contributed by atoms with Crippen LogP contribution in [-0.4, -0.2) is 24.8 Å². The SMILES string of the molecule is CCC(C)(C)OC1C(C)CC(C)CC1NC. The van der Waals surface area contributed by atoms with Crippen LogP contribution in [0.4, 0.5) is 0 Å². The largest absolute Gasteiger partial charge is 0.370 e. The number of rotatable bonds is 4. The molecule has 96 valence electrons. The molecule has 1 aliphatic rings. The Morgan fingerprint density at radius 2 is 1.88 bits per heavy atom. The van der Waals surface area contributed by atoms with Gasteiger partial charge in [0.05, 0.1) is 11.7 Å². The highest BCUT2D eigenvalue weighted by Crippen LogP contribution is 2.33. The van der Waals surface area contributed by atoms with E-state index in [1.54, 1.807) is 0 Å². The molecular weight excluding hydrogens is 198 g/mol. The summed E-state index contributed by atoms with van der Waals surface area (Å²) in [5, 5.41) is 3.44. The maximum absolute atomic E-state index is 6.33. The zero-order valence-corrected chi connectivity index (χ0v) is 11.8. The molecule has 2 heteroatoms. The molecule has 16 heavy (non-hydrogen) atoms. The normalized spacial score (nSPS) is 36.4. The summed E-state index contributed by atoms with van der Waals surface area (Å²) in [6.07, 6.45) is 3.98. The minimum absolute atomic E-state index is 0.00854. The molecule has 2 nitrogen and oxygen atoms in total. The van der Waals surface area contributed by atoms with Crippen molar-refractivity contribution in [3.8, 4) is 0 Å². The molecule has 0 spiro atoms. The molecule has 1 saturated carbocycles. The average molecular weight is 227 g/mol. The van der Waals surface area contributed by atoms with Crippen LogP contribution in [0.1, 0.15) is 53.9 Å². The van der Waals surface area contributed by atoms with Gasteiger partial charge in [-0.3, -0.25) is 0 Å². The van der Waals surface area contributed by atoms with Gasteiger partial charge in [0.25, 0.3) is 0 Å². The maximum atomic E-state index is 6.33. The van der Waals surface area contributed by atoms with Crippen molar-refractivity contribution < 1.29 is 4.74 Å². The quantitative estimate of drug-likeness (QED) is 0.796. The molecule has 0 heterocycles. The van der Waals surface area contributed by atoms with Crippen molar-refractivity contribution in [2.45, 2.75) is 71.6 Å². The van der Waals surface area contributed by atoms with E-state index in [4.69, 9.17) is 4.74 Å². The molecule has 0 amide bonds. The van der Waals surface area contributed by atoms with Crippen LogP contribution in [-0.2, 0) is 4.74 Å². The van der Waals surface area contributed by atoms with Gasteiger partial charge in [0.15, 0.2) is 0 Å². The molecule has 1 N–H and O–H groups in total. The average Bonchev–Trinajstić information content (AvgIpc) is 2.21. The van der Waals surface area contributed by atoms with Gasteiger partial charge in [-0.1, -0.05) is 20.8 Å². The Hall–Kier alpha value is -0.0800. The van der Waals surface area contributed by atoms with Crippen molar-refractivity contribution in [1.82, 2.24) is 5.32 Å². The second-order valence-corrected chi connectivity index (χ2v) is 6.14. The molecule has 0 aliphatic heterocycles. The summed E-state index contributed by atoms with van der Waals surface area (Å²) in [4.78, 5) is 0. The summed E-state index contributed by atoms with van der Waals surface area (Å²) < 4.78 is 6.33.